The van der Waals surface area contributed by atoms with E-state index >= 15 is 0 Å². The molecule has 0 rings (SSSR count). The quantitative estimate of drug-likeness (QED) is 0.531. The second-order valence-electron chi connectivity index (χ2n) is 0. The van der Waals surface area contributed by atoms with Crippen LogP contribution in [0.4, 0.5) is 0 Å². The predicted molar refractivity (Wildman–Crippen MR) is 5.75 cm³/mol. The van der Waals surface area contributed by atoms with Crippen molar-refractivity contribution >= 4 is 23.9 Å². The molecule has 0 aromatic carbocycles. The van der Waals surface area contributed by atoms with Gasteiger partial charge in [0.05, 0.1) is 0 Å². The molecule has 25 valence electrons. The van der Waals surface area contributed by atoms with Gasteiger partial charge in [0.15, 0.2) is 0 Å². The van der Waals surface area contributed by atoms with Gasteiger partial charge in [0.25, 0.3) is 0 Å². The maximum absolute atomic E-state index is 0. The van der Waals surface area contributed by atoms with Crippen molar-refractivity contribution in [1.29, 1.82) is 0 Å². The fourth-order valence-corrected chi connectivity index (χ4v) is 0. The van der Waals surface area contributed by atoms with E-state index in [-0.39, 0.29) is 79.5 Å². The fourth-order valence-electron chi connectivity index (χ4n) is 0. The van der Waals surface area contributed by atoms with E-state index in [0.717, 1.165) is 0 Å². The third kappa shape index (κ3) is 8.82. The number of rotatable bonds is 0. The Bertz CT molecular complexity index is 8.00. The maximum Gasteiger partial charge on any atom is 0 e. The van der Waals surface area contributed by atoms with Crippen LogP contribution in [-0.2, 0) is 55.6 Å². The Hall–Kier alpha value is 2.54. The zero-order valence-corrected chi connectivity index (χ0v) is 8.25. The molecule has 0 saturated carbocycles. The summed E-state index contributed by atoms with van der Waals surface area (Å²) in [6.45, 7) is 0. The van der Waals surface area contributed by atoms with E-state index in [1.807, 2.05) is 0 Å². The summed E-state index contributed by atoms with van der Waals surface area (Å²) in [5, 5.41) is 0. The summed E-state index contributed by atoms with van der Waals surface area (Å²) in [5.74, 6) is 0. The molecule has 4 heavy (non-hydrogen) atoms. The zero-order chi connectivity index (χ0) is 0. The number of hydrogen-bond donors (Lipinski definition) is 0. The van der Waals surface area contributed by atoms with Crippen LogP contribution < -0.4 is 0 Å². The second-order valence-corrected chi connectivity index (χ2v) is 0. The molecule has 4 heteroatoms. The zero-order valence-electron chi connectivity index (χ0n) is 1.69. The fraction of sp³-hybridized carbons (Fsp3) is 0. The van der Waals surface area contributed by atoms with Crippen LogP contribution in [0, 0.1) is 0 Å². The molecule has 0 aromatic rings. The average Bonchev–Trinajstić information content (AvgIpc) is 0. The van der Waals surface area contributed by atoms with E-state index in [1.54, 1.807) is 0 Å². The molecule has 0 aliphatic carbocycles. The van der Waals surface area contributed by atoms with Crippen LogP contribution in [0.1, 0.15) is 0 Å². The van der Waals surface area contributed by atoms with Gasteiger partial charge in [-0.25, -0.2) is 0 Å². The normalized spacial score (nSPS) is 0. The van der Waals surface area contributed by atoms with Crippen LogP contribution in [-0.4, -0.2) is 23.9 Å². The van der Waals surface area contributed by atoms with Crippen molar-refractivity contribution in [2.75, 3.05) is 0 Å². The third-order valence-corrected chi connectivity index (χ3v) is 0. The first-order valence-corrected chi connectivity index (χ1v) is 0. The van der Waals surface area contributed by atoms with E-state index in [4.69, 9.17) is 0 Å². The van der Waals surface area contributed by atoms with Crippen LogP contribution in [0.3, 0.4) is 0 Å². The third-order valence-electron chi connectivity index (χ3n) is 0. The average molecular weight is 281 g/mol. The van der Waals surface area contributed by atoms with E-state index in [1.165, 1.54) is 0 Å². The maximum atomic E-state index is 0. The summed E-state index contributed by atoms with van der Waals surface area (Å²) in [5.41, 5.74) is 0. The Morgan fingerprint density at radius 1 is 1.00 bits per heavy atom. The van der Waals surface area contributed by atoms with Crippen molar-refractivity contribution in [1.82, 2.24) is 0 Å². The smallest absolute Gasteiger partial charge is 0 e. The molecule has 0 N–H and O–H groups in total. The van der Waals surface area contributed by atoms with E-state index in [2.05, 4.69) is 0 Å². The molecule has 0 aromatic heterocycles. The summed E-state index contributed by atoms with van der Waals surface area (Å²) in [6, 6.07) is 0. The first-order valence-electron chi connectivity index (χ1n) is 0. The van der Waals surface area contributed by atoms with Crippen LogP contribution in [0.25, 0.3) is 0 Å². The van der Waals surface area contributed by atoms with Crippen molar-refractivity contribution < 1.29 is 55.6 Å². The first kappa shape index (κ1) is 31.1. The van der Waals surface area contributed by atoms with Gasteiger partial charge in [-0.15, -0.1) is 0 Å². The van der Waals surface area contributed by atoms with E-state index in [0.29, 0.717) is 0 Å². The molecule has 0 spiro atoms. The van der Waals surface area contributed by atoms with Crippen molar-refractivity contribution in [3.63, 3.8) is 0 Å². The minimum absolute atomic E-state index is 0. The Balaban J connectivity index is 0. The van der Waals surface area contributed by atoms with Gasteiger partial charge < -0.3 is 0 Å². The summed E-state index contributed by atoms with van der Waals surface area (Å²) in [7, 11) is 0. The van der Waals surface area contributed by atoms with Crippen LogP contribution in [0.2, 0.25) is 0 Å². The van der Waals surface area contributed by atoms with Gasteiger partial charge in [-0.2, -0.15) is 0 Å². The second kappa shape index (κ2) is 17.7. The summed E-state index contributed by atoms with van der Waals surface area (Å²) >= 11 is 0. The van der Waals surface area contributed by atoms with Crippen molar-refractivity contribution in [3.8, 4) is 0 Å². The summed E-state index contributed by atoms with van der Waals surface area (Å²) < 4.78 is 0. The molecule has 0 amide bonds. The van der Waals surface area contributed by atoms with Gasteiger partial charge in [-0.3, -0.25) is 0 Å². The van der Waals surface area contributed by atoms with Crippen molar-refractivity contribution in [2.45, 2.75) is 0 Å². The van der Waals surface area contributed by atoms with Gasteiger partial charge in [0.1, 0.15) is 0 Å². The van der Waals surface area contributed by atoms with Gasteiger partial charge >= 0.3 is 0 Å². The molecule has 0 bridgehead atoms. The van der Waals surface area contributed by atoms with Crippen molar-refractivity contribution in [3.05, 3.63) is 0 Å². The summed E-state index contributed by atoms with van der Waals surface area (Å²) in [6.07, 6.45) is 0. The summed E-state index contributed by atoms with van der Waals surface area (Å²) in [4.78, 5) is 0. The SMILES string of the molecule is [Co].[Fe].[Sn].[Ti]. The molecule has 5 radical (unpaired) electrons. The molecule has 0 aliphatic heterocycles. The van der Waals surface area contributed by atoms with Crippen molar-refractivity contribution in [2.24, 2.45) is 0 Å². The molecular formula is CoFeSnTi. The molecule has 0 unspecified atom stereocenters. The van der Waals surface area contributed by atoms with E-state index in [9.17, 15) is 0 Å². The number of hydrogen-bond acceptors (Lipinski definition) is 0. The van der Waals surface area contributed by atoms with Gasteiger partial charge in [-0.05, 0) is 0 Å². The standard InChI is InChI=1S/Co.Fe.Sn.Ti. The van der Waals surface area contributed by atoms with Crippen LogP contribution in [0.15, 0.2) is 0 Å². The van der Waals surface area contributed by atoms with Gasteiger partial charge in [0, 0.05) is 79.5 Å². The monoisotopic (exact) mass is 283 g/mol. The van der Waals surface area contributed by atoms with E-state index < -0.39 is 0 Å². The van der Waals surface area contributed by atoms with Gasteiger partial charge in [-0.1, -0.05) is 0 Å². The molecule has 0 aliphatic rings. The minimum atomic E-state index is 0. The largest absolute Gasteiger partial charge is 0 e. The topological polar surface area (TPSA) is 0 Å². The first-order chi connectivity index (χ1) is 0. The molecule has 0 atom stereocenters. The van der Waals surface area contributed by atoms with Crippen LogP contribution in [0.5, 0.6) is 0 Å². The Labute approximate surface area is 78.4 Å². The Morgan fingerprint density at radius 3 is 1.00 bits per heavy atom. The molecular weight excluding hydrogens is 281 g/mol. The Kier molecular flexibility index (Phi) is 138. The van der Waals surface area contributed by atoms with Crippen LogP contribution >= 0.6 is 0 Å². The van der Waals surface area contributed by atoms with Gasteiger partial charge in [0.2, 0.25) is 0 Å². The molecule has 0 saturated heterocycles. The predicted octanol–water partition coefficient (Wildman–Crippen LogP) is -0.388. The molecule has 0 nitrogen and oxygen atoms in total. The minimum Gasteiger partial charge on any atom is 0 e. The Morgan fingerprint density at radius 2 is 1.00 bits per heavy atom. The molecule has 0 heterocycles. The molecule has 0 fully saturated rings.